The fourth-order valence-electron chi connectivity index (χ4n) is 2.69. The second-order valence-corrected chi connectivity index (χ2v) is 5.88. The number of aromatic nitrogens is 4. The van der Waals surface area contributed by atoms with Crippen molar-refractivity contribution >= 4 is 17.5 Å². The second-order valence-electron chi connectivity index (χ2n) is 5.26. The van der Waals surface area contributed by atoms with Crippen molar-refractivity contribution in [3.63, 3.8) is 0 Å². The molecule has 1 N–H and O–H groups in total. The van der Waals surface area contributed by atoms with E-state index in [0.29, 0.717) is 17.2 Å². The summed E-state index contributed by atoms with van der Waals surface area (Å²) in [5.74, 6) is 1.29. The summed E-state index contributed by atoms with van der Waals surface area (Å²) >= 11 is 6.23. The number of rotatable bonds is 4. The Morgan fingerprint density at radius 1 is 1.25 bits per heavy atom. The van der Waals surface area contributed by atoms with Crippen LogP contribution in [0, 0.1) is 5.92 Å². The van der Waals surface area contributed by atoms with E-state index in [1.165, 1.54) is 12.8 Å². The Morgan fingerprint density at radius 2 is 2.10 bits per heavy atom. The number of benzene rings is 1. The highest BCUT2D eigenvalue weighted by atomic mass is 35.5. The van der Waals surface area contributed by atoms with Gasteiger partial charge in [-0.25, -0.2) is 0 Å². The maximum Gasteiger partial charge on any atom is 0.247 e. The summed E-state index contributed by atoms with van der Waals surface area (Å²) in [6, 6.07) is 9.89. The molecule has 2 atom stereocenters. The number of nitrogens with one attached hydrogen (secondary N) is 1. The predicted molar refractivity (Wildman–Crippen MR) is 79.2 cm³/mol. The van der Waals surface area contributed by atoms with E-state index >= 15 is 0 Å². The minimum Gasteiger partial charge on any atom is -0.352 e. The van der Waals surface area contributed by atoms with Crippen molar-refractivity contribution in [2.45, 2.75) is 31.1 Å². The maximum atomic E-state index is 6.23. The van der Waals surface area contributed by atoms with E-state index in [4.69, 9.17) is 11.6 Å². The second kappa shape index (κ2) is 6.22. The molecule has 1 heterocycles. The van der Waals surface area contributed by atoms with Crippen molar-refractivity contribution in [3.8, 4) is 5.69 Å². The first-order valence-corrected chi connectivity index (χ1v) is 7.48. The molecule has 0 aliphatic heterocycles. The van der Waals surface area contributed by atoms with Crippen LogP contribution in [0.2, 0.25) is 0 Å². The van der Waals surface area contributed by atoms with Gasteiger partial charge in [0.05, 0.1) is 5.69 Å². The van der Waals surface area contributed by atoms with Gasteiger partial charge in [-0.1, -0.05) is 29.7 Å². The van der Waals surface area contributed by atoms with Crippen LogP contribution in [0.1, 0.15) is 25.7 Å². The summed E-state index contributed by atoms with van der Waals surface area (Å²) in [5, 5.41) is 15.5. The predicted octanol–water partition coefficient (Wildman–Crippen LogP) is 2.87. The first-order valence-electron chi connectivity index (χ1n) is 7.04. The Balaban J connectivity index is 1.65. The molecule has 0 bridgehead atoms. The third kappa shape index (κ3) is 3.10. The zero-order valence-corrected chi connectivity index (χ0v) is 12.0. The van der Waals surface area contributed by atoms with E-state index in [2.05, 4.69) is 20.8 Å². The van der Waals surface area contributed by atoms with Crippen LogP contribution in [0.3, 0.4) is 0 Å². The number of alkyl halides is 1. The van der Waals surface area contributed by atoms with Gasteiger partial charge in [0.2, 0.25) is 5.95 Å². The Kier molecular flexibility index (Phi) is 4.16. The number of halogens is 1. The lowest BCUT2D eigenvalue weighted by atomic mass is 9.89. The van der Waals surface area contributed by atoms with Gasteiger partial charge < -0.3 is 5.32 Å². The largest absolute Gasteiger partial charge is 0.352 e. The Labute approximate surface area is 123 Å². The van der Waals surface area contributed by atoms with Crippen molar-refractivity contribution < 1.29 is 0 Å². The average molecular weight is 292 g/mol. The molecule has 0 amide bonds. The Morgan fingerprint density at radius 3 is 2.90 bits per heavy atom. The van der Waals surface area contributed by atoms with E-state index in [-0.39, 0.29) is 0 Å². The fraction of sp³-hybridized carbons (Fsp3) is 0.500. The van der Waals surface area contributed by atoms with Gasteiger partial charge in [0, 0.05) is 11.9 Å². The lowest BCUT2D eigenvalue weighted by molar-refractivity contribution is 0.378. The van der Waals surface area contributed by atoms with Gasteiger partial charge in [0.1, 0.15) is 0 Å². The maximum absolute atomic E-state index is 6.23. The molecule has 1 aliphatic carbocycles. The van der Waals surface area contributed by atoms with Crippen molar-refractivity contribution in [1.82, 2.24) is 20.2 Å². The molecule has 20 heavy (non-hydrogen) atoms. The summed E-state index contributed by atoms with van der Waals surface area (Å²) in [7, 11) is 0. The normalized spacial score (nSPS) is 22.6. The molecule has 1 aromatic carbocycles. The smallest absolute Gasteiger partial charge is 0.247 e. The van der Waals surface area contributed by atoms with E-state index < -0.39 is 0 Å². The van der Waals surface area contributed by atoms with Crippen molar-refractivity contribution in [1.29, 1.82) is 0 Å². The molecular weight excluding hydrogens is 274 g/mol. The first-order chi connectivity index (χ1) is 9.83. The van der Waals surface area contributed by atoms with Gasteiger partial charge >= 0.3 is 0 Å². The number of nitrogens with zero attached hydrogens (tertiary/aromatic N) is 4. The fourth-order valence-corrected chi connectivity index (χ4v) is 3.09. The third-order valence-electron chi connectivity index (χ3n) is 3.74. The van der Waals surface area contributed by atoms with Crippen LogP contribution in [-0.4, -0.2) is 32.1 Å². The summed E-state index contributed by atoms with van der Waals surface area (Å²) in [6.07, 6.45) is 4.65. The number of hydrogen-bond donors (Lipinski definition) is 1. The van der Waals surface area contributed by atoms with Crippen LogP contribution in [0.25, 0.3) is 5.69 Å². The van der Waals surface area contributed by atoms with Gasteiger partial charge in [-0.3, -0.25) is 0 Å². The first kappa shape index (κ1) is 13.4. The molecule has 1 aromatic heterocycles. The van der Waals surface area contributed by atoms with Gasteiger partial charge in [0.25, 0.3) is 0 Å². The third-order valence-corrected chi connectivity index (χ3v) is 4.13. The van der Waals surface area contributed by atoms with Crippen LogP contribution >= 0.6 is 11.6 Å². The minimum atomic E-state index is 0.320. The van der Waals surface area contributed by atoms with Gasteiger partial charge in [-0.15, -0.1) is 11.6 Å². The van der Waals surface area contributed by atoms with Gasteiger partial charge in [-0.05, 0) is 47.7 Å². The van der Waals surface area contributed by atoms with Crippen molar-refractivity contribution in [2.24, 2.45) is 5.92 Å². The number of anilines is 1. The minimum absolute atomic E-state index is 0.320. The molecule has 1 saturated carbocycles. The quantitative estimate of drug-likeness (QED) is 0.880. The molecule has 5 nitrogen and oxygen atoms in total. The zero-order chi connectivity index (χ0) is 13.8. The van der Waals surface area contributed by atoms with Gasteiger partial charge in [0.15, 0.2) is 0 Å². The van der Waals surface area contributed by atoms with E-state index in [1.54, 1.807) is 4.68 Å². The summed E-state index contributed by atoms with van der Waals surface area (Å²) in [4.78, 5) is 0. The van der Waals surface area contributed by atoms with Crippen molar-refractivity contribution in [2.75, 3.05) is 11.9 Å². The Hall–Kier alpha value is -1.62. The zero-order valence-electron chi connectivity index (χ0n) is 11.2. The molecule has 1 fully saturated rings. The molecule has 3 rings (SSSR count). The standard InChI is InChI=1S/C14H18ClN5/c15-12-6-4-5-11(9-12)10-16-14-17-18-19-20(14)13-7-2-1-3-8-13/h1-3,7-8,11-12H,4-6,9-10H2,(H,16,17,19). The highest BCUT2D eigenvalue weighted by Gasteiger charge is 2.20. The summed E-state index contributed by atoms with van der Waals surface area (Å²) < 4.78 is 1.72. The molecule has 2 aromatic rings. The van der Waals surface area contributed by atoms with Crippen LogP contribution in [0.4, 0.5) is 5.95 Å². The van der Waals surface area contributed by atoms with Crippen LogP contribution < -0.4 is 5.32 Å². The lowest BCUT2D eigenvalue weighted by Gasteiger charge is -2.25. The van der Waals surface area contributed by atoms with Crippen molar-refractivity contribution in [3.05, 3.63) is 30.3 Å². The Bertz CT molecular complexity index is 542. The van der Waals surface area contributed by atoms with Crippen LogP contribution in [0.15, 0.2) is 30.3 Å². The summed E-state index contributed by atoms with van der Waals surface area (Å²) in [6.45, 7) is 0.871. The molecule has 106 valence electrons. The average Bonchev–Trinajstić information content (AvgIpc) is 2.95. The molecule has 0 radical (unpaired) electrons. The number of tetrazole rings is 1. The highest BCUT2D eigenvalue weighted by Crippen LogP contribution is 2.27. The lowest BCUT2D eigenvalue weighted by Crippen LogP contribution is -2.23. The number of para-hydroxylation sites is 1. The van der Waals surface area contributed by atoms with E-state index in [1.807, 2.05) is 30.3 Å². The molecule has 0 saturated heterocycles. The highest BCUT2D eigenvalue weighted by molar-refractivity contribution is 6.20. The molecule has 0 spiro atoms. The van der Waals surface area contributed by atoms with Gasteiger partial charge in [-0.2, -0.15) is 4.68 Å². The number of hydrogen-bond acceptors (Lipinski definition) is 4. The molecular formula is C14H18ClN5. The van der Waals surface area contributed by atoms with Crippen LogP contribution in [-0.2, 0) is 0 Å². The molecule has 6 heteroatoms. The molecule has 1 aliphatic rings. The SMILES string of the molecule is ClC1CCCC(CNc2nnnn2-c2ccccc2)C1. The molecule has 2 unspecified atom stereocenters. The monoisotopic (exact) mass is 291 g/mol. The topological polar surface area (TPSA) is 55.6 Å². The van der Waals surface area contributed by atoms with E-state index in [9.17, 15) is 0 Å². The van der Waals surface area contributed by atoms with Crippen LogP contribution in [0.5, 0.6) is 0 Å². The summed E-state index contributed by atoms with van der Waals surface area (Å²) in [5.41, 5.74) is 0.957. The van der Waals surface area contributed by atoms with E-state index in [0.717, 1.165) is 25.1 Å².